The van der Waals surface area contributed by atoms with Gasteiger partial charge < -0.3 is 4.98 Å². The lowest BCUT2D eigenvalue weighted by Crippen LogP contribution is -2.21. The molecule has 0 spiro atoms. The highest BCUT2D eigenvalue weighted by Gasteiger charge is 2.31. The molecule has 1 N–H and O–H groups in total. The van der Waals surface area contributed by atoms with Crippen LogP contribution in [0, 0.1) is 0 Å². The van der Waals surface area contributed by atoms with Crippen molar-refractivity contribution in [3.8, 4) is 0 Å². The predicted molar refractivity (Wildman–Crippen MR) is 88.7 cm³/mol. The van der Waals surface area contributed by atoms with Crippen molar-refractivity contribution in [1.29, 1.82) is 0 Å². The summed E-state index contributed by atoms with van der Waals surface area (Å²) >= 11 is 0. The zero-order chi connectivity index (χ0) is 16.0. The van der Waals surface area contributed by atoms with E-state index >= 15 is 0 Å². The van der Waals surface area contributed by atoms with E-state index in [1.165, 1.54) is 0 Å². The Morgan fingerprint density at radius 3 is 2.48 bits per heavy atom. The van der Waals surface area contributed by atoms with E-state index in [1.54, 1.807) is 30.3 Å². The van der Waals surface area contributed by atoms with Gasteiger partial charge in [0.1, 0.15) is 11.3 Å². The Balaban J connectivity index is 1.99. The molecule has 23 heavy (non-hydrogen) atoms. The van der Waals surface area contributed by atoms with E-state index in [4.69, 9.17) is 0 Å². The summed E-state index contributed by atoms with van der Waals surface area (Å²) in [5, 5.41) is 0. The highest BCUT2D eigenvalue weighted by Crippen LogP contribution is 2.31. The lowest BCUT2D eigenvalue weighted by molar-refractivity contribution is 0.0980. The van der Waals surface area contributed by atoms with Crippen molar-refractivity contribution in [3.63, 3.8) is 0 Å². The number of H-pyrrole nitrogens is 1. The first-order chi connectivity index (χ1) is 11.2. The molecule has 0 aliphatic heterocycles. The molecule has 0 amide bonds. The van der Waals surface area contributed by atoms with Crippen LogP contribution >= 0.6 is 0 Å². The van der Waals surface area contributed by atoms with Crippen LogP contribution in [-0.4, -0.2) is 21.5 Å². The lowest BCUT2D eigenvalue weighted by atomic mass is 9.83. The topological polar surface area (TPSA) is 62.8 Å². The normalized spacial score (nSPS) is 13.6. The minimum absolute atomic E-state index is 0.120. The number of hydrogen-bond donors (Lipinski definition) is 1. The van der Waals surface area contributed by atoms with Crippen LogP contribution in [-0.2, 0) is 0 Å². The quantitative estimate of drug-likeness (QED) is 0.613. The molecule has 0 unspecified atom stereocenters. The van der Waals surface area contributed by atoms with Crippen molar-refractivity contribution in [2.45, 2.75) is 13.3 Å². The Bertz CT molecular complexity index is 996. The number of ketones is 2. The van der Waals surface area contributed by atoms with Gasteiger partial charge in [-0.2, -0.15) is 0 Å². The number of carbonyl (C=O) groups is 2. The molecule has 4 nitrogen and oxygen atoms in total. The van der Waals surface area contributed by atoms with Gasteiger partial charge >= 0.3 is 0 Å². The van der Waals surface area contributed by atoms with Gasteiger partial charge in [0.05, 0.1) is 11.1 Å². The number of aromatic nitrogens is 2. The molecule has 0 radical (unpaired) electrons. The molecule has 112 valence electrons. The number of allylic oxidation sites excluding steroid dienone is 1. The first-order valence-electron chi connectivity index (χ1n) is 7.58. The standard InChI is InChI=1S/C19H14N2O2/c1-2-3-8-15-20-14-10-9-13-16(17(14)21-15)19(23)12-7-5-4-6-11(12)18(13)22/h3-10H,2H2,1H3,(H,20,21)/b8-3+. The summed E-state index contributed by atoms with van der Waals surface area (Å²) in [5.41, 5.74) is 3.07. The average Bonchev–Trinajstić information content (AvgIpc) is 3.00. The van der Waals surface area contributed by atoms with E-state index in [1.807, 2.05) is 25.1 Å². The van der Waals surface area contributed by atoms with Gasteiger partial charge in [-0.15, -0.1) is 0 Å². The Morgan fingerprint density at radius 1 is 1.00 bits per heavy atom. The molecular formula is C19H14N2O2. The number of benzene rings is 2. The summed E-state index contributed by atoms with van der Waals surface area (Å²) in [6.07, 6.45) is 4.78. The Kier molecular flexibility index (Phi) is 2.98. The first kappa shape index (κ1) is 13.6. The molecule has 4 heteroatoms. The fourth-order valence-electron chi connectivity index (χ4n) is 2.98. The summed E-state index contributed by atoms with van der Waals surface area (Å²) in [4.78, 5) is 33.2. The molecule has 4 rings (SSSR count). The van der Waals surface area contributed by atoms with Crippen molar-refractivity contribution in [1.82, 2.24) is 9.97 Å². The van der Waals surface area contributed by atoms with Crippen LogP contribution in [0.25, 0.3) is 17.1 Å². The molecule has 0 bridgehead atoms. The fourth-order valence-corrected chi connectivity index (χ4v) is 2.98. The van der Waals surface area contributed by atoms with Crippen molar-refractivity contribution < 1.29 is 9.59 Å². The molecule has 3 aromatic rings. The minimum atomic E-state index is -0.140. The zero-order valence-electron chi connectivity index (χ0n) is 12.6. The summed E-state index contributed by atoms with van der Waals surface area (Å²) in [7, 11) is 0. The van der Waals surface area contributed by atoms with E-state index in [0.29, 0.717) is 33.6 Å². The molecule has 1 aliphatic carbocycles. The maximum atomic E-state index is 12.9. The molecule has 1 aliphatic rings. The predicted octanol–water partition coefficient (Wildman–Crippen LogP) is 3.76. The number of nitrogens with zero attached hydrogens (tertiary/aromatic N) is 1. The Hall–Kier alpha value is -3.01. The van der Waals surface area contributed by atoms with Crippen LogP contribution in [0.15, 0.2) is 42.5 Å². The second kappa shape index (κ2) is 5.02. The van der Waals surface area contributed by atoms with Gasteiger partial charge in [0.2, 0.25) is 0 Å². The number of rotatable bonds is 2. The van der Waals surface area contributed by atoms with Gasteiger partial charge in [0.15, 0.2) is 11.6 Å². The van der Waals surface area contributed by atoms with Gasteiger partial charge in [0, 0.05) is 16.7 Å². The molecular weight excluding hydrogens is 288 g/mol. The maximum absolute atomic E-state index is 12.9. The minimum Gasteiger partial charge on any atom is -0.338 e. The number of fused-ring (bicyclic) bond motifs is 4. The molecule has 0 atom stereocenters. The Labute approximate surface area is 132 Å². The van der Waals surface area contributed by atoms with Gasteiger partial charge in [-0.3, -0.25) is 9.59 Å². The summed E-state index contributed by atoms with van der Waals surface area (Å²) in [5.74, 6) is 0.429. The van der Waals surface area contributed by atoms with E-state index in [-0.39, 0.29) is 11.6 Å². The van der Waals surface area contributed by atoms with E-state index in [0.717, 1.165) is 11.9 Å². The maximum Gasteiger partial charge on any atom is 0.196 e. The van der Waals surface area contributed by atoms with Crippen LogP contribution < -0.4 is 0 Å². The monoisotopic (exact) mass is 302 g/mol. The largest absolute Gasteiger partial charge is 0.338 e. The molecule has 1 aromatic heterocycles. The third-order valence-electron chi connectivity index (χ3n) is 4.07. The summed E-state index contributed by atoms with van der Waals surface area (Å²) in [6.45, 7) is 2.04. The van der Waals surface area contributed by atoms with Gasteiger partial charge in [-0.05, 0) is 24.6 Å². The summed E-state index contributed by atoms with van der Waals surface area (Å²) in [6, 6.07) is 10.5. The number of nitrogens with one attached hydrogen (secondary N) is 1. The van der Waals surface area contributed by atoms with Crippen molar-refractivity contribution in [2.24, 2.45) is 0 Å². The Morgan fingerprint density at radius 2 is 1.74 bits per heavy atom. The van der Waals surface area contributed by atoms with Gasteiger partial charge in [-0.25, -0.2) is 4.98 Å². The van der Waals surface area contributed by atoms with E-state index in [9.17, 15) is 9.59 Å². The molecule has 0 fully saturated rings. The van der Waals surface area contributed by atoms with E-state index < -0.39 is 0 Å². The highest BCUT2D eigenvalue weighted by atomic mass is 16.1. The van der Waals surface area contributed by atoms with Crippen molar-refractivity contribution in [2.75, 3.05) is 0 Å². The van der Waals surface area contributed by atoms with Gasteiger partial charge in [-0.1, -0.05) is 37.3 Å². The second-order valence-corrected chi connectivity index (χ2v) is 5.52. The average molecular weight is 302 g/mol. The molecule has 2 aromatic carbocycles. The lowest BCUT2D eigenvalue weighted by Gasteiger charge is -2.17. The first-order valence-corrected chi connectivity index (χ1v) is 7.58. The third kappa shape index (κ3) is 1.95. The number of carbonyl (C=O) groups excluding carboxylic acids is 2. The molecule has 0 saturated carbocycles. The van der Waals surface area contributed by atoms with Gasteiger partial charge in [0.25, 0.3) is 0 Å². The zero-order valence-corrected chi connectivity index (χ0v) is 12.6. The smallest absolute Gasteiger partial charge is 0.196 e. The third-order valence-corrected chi connectivity index (χ3v) is 4.07. The van der Waals surface area contributed by atoms with Crippen LogP contribution in [0.5, 0.6) is 0 Å². The SMILES string of the molecule is CC/C=C/c1nc2c3c(ccc2[nH]1)C(=O)c1ccccc1C3=O. The number of imidazole rings is 1. The van der Waals surface area contributed by atoms with E-state index in [2.05, 4.69) is 9.97 Å². The van der Waals surface area contributed by atoms with Crippen LogP contribution in [0.1, 0.15) is 51.0 Å². The molecule has 0 saturated heterocycles. The van der Waals surface area contributed by atoms with Crippen molar-refractivity contribution in [3.05, 3.63) is 70.6 Å². The van der Waals surface area contributed by atoms with Crippen LogP contribution in [0.2, 0.25) is 0 Å². The number of aromatic amines is 1. The van der Waals surface area contributed by atoms with Crippen molar-refractivity contribution >= 4 is 28.7 Å². The second-order valence-electron chi connectivity index (χ2n) is 5.52. The summed E-state index contributed by atoms with van der Waals surface area (Å²) < 4.78 is 0. The highest BCUT2D eigenvalue weighted by molar-refractivity contribution is 6.31. The van der Waals surface area contributed by atoms with Crippen LogP contribution in [0.3, 0.4) is 0 Å². The molecule has 1 heterocycles. The van der Waals surface area contributed by atoms with Crippen LogP contribution in [0.4, 0.5) is 0 Å². The fraction of sp³-hybridized carbons (Fsp3) is 0.105. The number of hydrogen-bond acceptors (Lipinski definition) is 3.